The number of isothiocyanates is 1. The third kappa shape index (κ3) is 6.91. The minimum Gasteiger partial charge on any atom is -0.329 e. The predicted molar refractivity (Wildman–Crippen MR) is 91.4 cm³/mol. The second-order valence-corrected chi connectivity index (χ2v) is 4.90. The second kappa shape index (κ2) is 11.5. The molecule has 0 aliphatic carbocycles. The van der Waals surface area contributed by atoms with Crippen LogP contribution in [0.3, 0.4) is 0 Å². The highest BCUT2D eigenvalue weighted by Crippen LogP contribution is 2.21. The van der Waals surface area contributed by atoms with Crippen molar-refractivity contribution in [1.29, 1.82) is 0 Å². The summed E-state index contributed by atoms with van der Waals surface area (Å²) >= 11 is 4.80. The van der Waals surface area contributed by atoms with Crippen LogP contribution in [0.4, 0.5) is 0 Å². The molecule has 1 aromatic carbocycles. The smallest absolute Gasteiger partial charge is 0.138 e. The van der Waals surface area contributed by atoms with Crippen LogP contribution in [-0.2, 0) is 0 Å². The van der Waals surface area contributed by atoms with Crippen molar-refractivity contribution in [2.24, 2.45) is 16.5 Å². The molecule has 0 amide bonds. The quantitative estimate of drug-likeness (QED) is 0.323. The number of nitrogens with zero attached hydrogens (tertiary/aromatic N) is 2. The van der Waals surface area contributed by atoms with E-state index in [0.717, 1.165) is 38.2 Å². The average Bonchev–Trinajstić information content (AvgIpc) is 2.52. The molecule has 0 spiro atoms. The van der Waals surface area contributed by atoms with Gasteiger partial charge >= 0.3 is 0 Å². The largest absolute Gasteiger partial charge is 0.329 e. The average molecular weight is 307 g/mol. The fourth-order valence-corrected chi connectivity index (χ4v) is 2.30. The Bertz CT molecular complexity index is 419. The standard InChI is InChI=1S/C15H25N5S/c16-7-10-18-9-4-11-20(12-8-17)15(19-13-21)14-5-2-1-3-6-14/h1-3,5-6,15,18H,4,7-12,16-17H2. The van der Waals surface area contributed by atoms with Crippen molar-refractivity contribution < 1.29 is 0 Å². The van der Waals surface area contributed by atoms with E-state index in [-0.39, 0.29) is 6.17 Å². The van der Waals surface area contributed by atoms with E-state index < -0.39 is 0 Å². The summed E-state index contributed by atoms with van der Waals surface area (Å²) in [6.45, 7) is 4.70. The van der Waals surface area contributed by atoms with Gasteiger partial charge in [0.2, 0.25) is 0 Å². The molecule has 1 rings (SSSR count). The van der Waals surface area contributed by atoms with Crippen LogP contribution in [0.5, 0.6) is 0 Å². The first-order chi connectivity index (χ1) is 10.3. The van der Waals surface area contributed by atoms with Gasteiger partial charge in [0.25, 0.3) is 0 Å². The zero-order valence-corrected chi connectivity index (χ0v) is 13.2. The Morgan fingerprint density at radius 2 is 1.90 bits per heavy atom. The highest BCUT2D eigenvalue weighted by molar-refractivity contribution is 7.78. The van der Waals surface area contributed by atoms with Crippen LogP contribution in [0.2, 0.25) is 0 Å². The second-order valence-electron chi connectivity index (χ2n) is 4.72. The molecule has 0 bridgehead atoms. The number of hydrogen-bond donors (Lipinski definition) is 3. The monoisotopic (exact) mass is 307 g/mol. The molecule has 0 aromatic heterocycles. The van der Waals surface area contributed by atoms with Crippen molar-refractivity contribution in [3.05, 3.63) is 35.9 Å². The van der Waals surface area contributed by atoms with Gasteiger partial charge in [0.1, 0.15) is 6.17 Å². The van der Waals surface area contributed by atoms with Gasteiger partial charge in [-0.3, -0.25) is 4.90 Å². The lowest BCUT2D eigenvalue weighted by Crippen LogP contribution is -2.35. The van der Waals surface area contributed by atoms with Crippen molar-refractivity contribution in [1.82, 2.24) is 10.2 Å². The molecule has 0 aliphatic rings. The third-order valence-corrected chi connectivity index (χ3v) is 3.26. The molecule has 0 saturated heterocycles. The molecule has 0 saturated carbocycles. The van der Waals surface area contributed by atoms with E-state index in [1.165, 1.54) is 0 Å². The first-order valence-electron chi connectivity index (χ1n) is 7.30. The lowest BCUT2D eigenvalue weighted by atomic mass is 10.1. The van der Waals surface area contributed by atoms with E-state index in [9.17, 15) is 0 Å². The number of rotatable bonds is 11. The SMILES string of the molecule is NCCNCCCN(CCN)C(N=C=S)c1ccccc1. The topological polar surface area (TPSA) is 79.7 Å². The number of aliphatic imine (C=N–C) groups is 1. The maximum absolute atomic E-state index is 5.73. The lowest BCUT2D eigenvalue weighted by molar-refractivity contribution is 0.206. The Hall–Kier alpha value is -1.14. The lowest BCUT2D eigenvalue weighted by Gasteiger charge is -2.28. The Kier molecular flexibility index (Phi) is 9.82. The van der Waals surface area contributed by atoms with Crippen LogP contribution < -0.4 is 16.8 Å². The molecule has 116 valence electrons. The van der Waals surface area contributed by atoms with Gasteiger partial charge in [-0.05, 0) is 30.7 Å². The third-order valence-electron chi connectivity index (χ3n) is 3.15. The summed E-state index contributed by atoms with van der Waals surface area (Å²) < 4.78 is 0. The molecule has 5 nitrogen and oxygen atoms in total. The van der Waals surface area contributed by atoms with E-state index in [1.807, 2.05) is 18.2 Å². The number of thiocarbonyl (C=S) groups is 1. The molecule has 0 heterocycles. The molecule has 21 heavy (non-hydrogen) atoms. The van der Waals surface area contributed by atoms with Crippen molar-refractivity contribution >= 4 is 17.4 Å². The van der Waals surface area contributed by atoms with Crippen LogP contribution in [0.25, 0.3) is 0 Å². The normalized spacial score (nSPS) is 12.1. The van der Waals surface area contributed by atoms with Gasteiger partial charge in [-0.2, -0.15) is 0 Å². The van der Waals surface area contributed by atoms with Gasteiger partial charge in [0.05, 0.1) is 5.16 Å². The minimum atomic E-state index is -0.109. The van der Waals surface area contributed by atoms with Crippen molar-refractivity contribution in [3.8, 4) is 0 Å². The van der Waals surface area contributed by atoms with E-state index in [4.69, 9.17) is 23.7 Å². The van der Waals surface area contributed by atoms with Crippen LogP contribution in [-0.4, -0.2) is 49.3 Å². The van der Waals surface area contributed by atoms with Crippen molar-refractivity contribution in [2.45, 2.75) is 12.6 Å². The maximum Gasteiger partial charge on any atom is 0.138 e. The van der Waals surface area contributed by atoms with Gasteiger partial charge in [0, 0.05) is 32.7 Å². The van der Waals surface area contributed by atoms with Gasteiger partial charge in [-0.1, -0.05) is 30.3 Å². The van der Waals surface area contributed by atoms with E-state index in [1.54, 1.807) is 0 Å². The number of nitrogens with two attached hydrogens (primary N) is 2. The van der Waals surface area contributed by atoms with Crippen molar-refractivity contribution in [2.75, 3.05) is 39.3 Å². The summed E-state index contributed by atoms with van der Waals surface area (Å²) in [6.07, 6.45) is 0.901. The van der Waals surface area contributed by atoms with Crippen LogP contribution >= 0.6 is 12.2 Å². The van der Waals surface area contributed by atoms with Gasteiger partial charge in [-0.15, -0.1) is 0 Å². The summed E-state index contributed by atoms with van der Waals surface area (Å²) in [6, 6.07) is 10.1. The Morgan fingerprint density at radius 3 is 2.52 bits per heavy atom. The Labute approximate surface area is 132 Å². The highest BCUT2D eigenvalue weighted by atomic mass is 32.1. The van der Waals surface area contributed by atoms with Gasteiger partial charge in [-0.25, -0.2) is 4.99 Å². The summed E-state index contributed by atoms with van der Waals surface area (Å²) in [5, 5.41) is 5.80. The summed E-state index contributed by atoms with van der Waals surface area (Å²) in [7, 11) is 0. The maximum atomic E-state index is 5.73. The van der Waals surface area contributed by atoms with Crippen LogP contribution in [0.1, 0.15) is 18.2 Å². The number of hydrogen-bond acceptors (Lipinski definition) is 6. The fourth-order valence-electron chi connectivity index (χ4n) is 2.20. The van der Waals surface area contributed by atoms with E-state index in [2.05, 4.69) is 32.5 Å². The molecule has 0 fully saturated rings. The van der Waals surface area contributed by atoms with Gasteiger partial charge < -0.3 is 16.8 Å². The number of benzene rings is 1. The molecule has 1 aromatic rings. The minimum absolute atomic E-state index is 0.109. The predicted octanol–water partition coefficient (Wildman–Crippen LogP) is 0.987. The summed E-state index contributed by atoms with van der Waals surface area (Å²) in [4.78, 5) is 6.56. The molecule has 1 unspecified atom stereocenters. The van der Waals surface area contributed by atoms with Gasteiger partial charge in [0.15, 0.2) is 0 Å². The molecule has 5 N–H and O–H groups in total. The summed E-state index contributed by atoms with van der Waals surface area (Å²) in [5.74, 6) is 0. The van der Waals surface area contributed by atoms with E-state index in [0.29, 0.717) is 13.1 Å². The Morgan fingerprint density at radius 1 is 1.14 bits per heavy atom. The molecule has 0 aliphatic heterocycles. The van der Waals surface area contributed by atoms with Crippen molar-refractivity contribution in [3.63, 3.8) is 0 Å². The Balaban J connectivity index is 2.67. The van der Waals surface area contributed by atoms with Crippen LogP contribution in [0.15, 0.2) is 35.3 Å². The number of nitrogens with one attached hydrogen (secondary N) is 1. The molecule has 0 radical (unpaired) electrons. The van der Waals surface area contributed by atoms with E-state index >= 15 is 0 Å². The zero-order valence-electron chi connectivity index (χ0n) is 12.4. The first-order valence-corrected chi connectivity index (χ1v) is 7.71. The fraction of sp³-hybridized carbons (Fsp3) is 0.533. The highest BCUT2D eigenvalue weighted by Gasteiger charge is 2.18. The molecular formula is C15H25N5S. The molecular weight excluding hydrogens is 282 g/mol. The summed E-state index contributed by atoms with van der Waals surface area (Å²) in [5.41, 5.74) is 12.3. The van der Waals surface area contributed by atoms with Crippen LogP contribution in [0, 0.1) is 0 Å². The molecule has 6 heteroatoms. The first kappa shape index (κ1) is 17.9. The zero-order chi connectivity index (χ0) is 15.3. The molecule has 1 atom stereocenters.